The lowest BCUT2D eigenvalue weighted by molar-refractivity contribution is -0.114. The van der Waals surface area contributed by atoms with E-state index in [1.165, 1.54) is 0 Å². The number of carbonyl (C=O) groups is 1. The zero-order valence-electron chi connectivity index (χ0n) is 33.1. The van der Waals surface area contributed by atoms with Crippen LogP contribution in [0, 0.1) is 23.7 Å². The average Bonchev–Trinajstić information content (AvgIpc) is 3.10. The van der Waals surface area contributed by atoms with Crippen molar-refractivity contribution in [2.45, 2.75) is 130 Å². The summed E-state index contributed by atoms with van der Waals surface area (Å²) in [5, 5.41) is 0.0328. The molecule has 0 bridgehead atoms. The summed E-state index contributed by atoms with van der Waals surface area (Å²) in [5.74, 6) is 7.76. The van der Waals surface area contributed by atoms with Gasteiger partial charge in [0.1, 0.15) is 11.5 Å². The second-order valence-electron chi connectivity index (χ2n) is 15.0. The van der Waals surface area contributed by atoms with E-state index in [0.29, 0.717) is 39.3 Å². The summed E-state index contributed by atoms with van der Waals surface area (Å²) < 4.78 is 36.7. The number of Topliss-reactive ketones (excluding diaryl/α,β-unsaturated/α-hetero) is 1. The lowest BCUT2D eigenvalue weighted by Gasteiger charge is -2.40. The minimum Gasteiger partial charge on any atom is -0.497 e. The Morgan fingerprint density at radius 2 is 1.20 bits per heavy atom. The number of rotatable bonds is 22. The molecule has 2 rings (SSSR count). The molecular formula is C41H66O7Si2. The Kier molecular flexibility index (Phi) is 18.5. The van der Waals surface area contributed by atoms with Gasteiger partial charge in [-0.3, -0.25) is 4.79 Å². The molecule has 0 aliphatic heterocycles. The molecule has 50 heavy (non-hydrogen) atoms. The van der Waals surface area contributed by atoms with E-state index < -0.39 is 16.6 Å². The van der Waals surface area contributed by atoms with Gasteiger partial charge in [0.15, 0.2) is 16.6 Å². The maximum atomic E-state index is 13.2. The second-order valence-corrected chi connectivity index (χ2v) is 24.5. The van der Waals surface area contributed by atoms with Crippen molar-refractivity contribution >= 4 is 22.4 Å². The summed E-state index contributed by atoms with van der Waals surface area (Å²) >= 11 is 0. The molecule has 0 amide bonds. The van der Waals surface area contributed by atoms with Crippen LogP contribution < -0.4 is 9.47 Å². The third-order valence-electron chi connectivity index (χ3n) is 10.5. The number of methoxy groups -OCH3 is 2. The van der Waals surface area contributed by atoms with E-state index in [1.807, 2.05) is 55.5 Å². The largest absolute Gasteiger partial charge is 0.497 e. The normalized spacial score (nSPS) is 14.6. The molecule has 0 aliphatic rings. The van der Waals surface area contributed by atoms with Crippen LogP contribution in [0.2, 0.25) is 36.3 Å². The Bertz CT molecular complexity index is 1310. The Morgan fingerprint density at radius 3 is 1.62 bits per heavy atom. The summed E-state index contributed by atoms with van der Waals surface area (Å²) in [5.41, 5.74) is 2.15. The first-order chi connectivity index (χ1) is 23.6. The molecule has 0 saturated carbocycles. The van der Waals surface area contributed by atoms with Crippen LogP contribution in [0.3, 0.4) is 0 Å². The molecule has 0 heterocycles. The number of hydrogen-bond acceptors (Lipinski definition) is 7. The van der Waals surface area contributed by atoms with Gasteiger partial charge in [0, 0.05) is 12.3 Å². The highest BCUT2D eigenvalue weighted by Crippen LogP contribution is 2.38. The van der Waals surface area contributed by atoms with Crippen LogP contribution in [0.25, 0.3) is 0 Å². The molecule has 0 saturated heterocycles. The van der Waals surface area contributed by atoms with Crippen LogP contribution in [0.1, 0.15) is 79.4 Å². The maximum Gasteiger partial charge on any atom is 0.205 e. The molecule has 0 unspecified atom stereocenters. The maximum absolute atomic E-state index is 13.2. The van der Waals surface area contributed by atoms with Crippen LogP contribution in [0.5, 0.6) is 11.5 Å². The molecule has 0 spiro atoms. The van der Waals surface area contributed by atoms with Crippen molar-refractivity contribution in [3.8, 4) is 23.3 Å². The van der Waals surface area contributed by atoms with Gasteiger partial charge in [-0.1, -0.05) is 78.7 Å². The Balaban J connectivity index is 2.08. The van der Waals surface area contributed by atoms with Gasteiger partial charge >= 0.3 is 0 Å². The van der Waals surface area contributed by atoms with Crippen molar-refractivity contribution in [1.82, 2.24) is 0 Å². The van der Waals surface area contributed by atoms with Crippen molar-refractivity contribution in [2.24, 2.45) is 11.8 Å². The highest BCUT2D eigenvalue weighted by atomic mass is 28.4. The van der Waals surface area contributed by atoms with Gasteiger partial charge < -0.3 is 27.8 Å². The molecule has 2 aromatic rings. The zero-order chi connectivity index (χ0) is 37.4. The van der Waals surface area contributed by atoms with Gasteiger partial charge in [0.25, 0.3) is 0 Å². The third-order valence-corrected chi connectivity index (χ3v) is 19.6. The van der Waals surface area contributed by atoms with Gasteiger partial charge in [0.2, 0.25) is 5.78 Å². The van der Waals surface area contributed by atoms with Crippen LogP contribution >= 0.6 is 0 Å². The van der Waals surface area contributed by atoms with Gasteiger partial charge in [-0.05, 0) is 96.8 Å². The molecule has 2 aromatic carbocycles. The van der Waals surface area contributed by atoms with E-state index in [9.17, 15) is 4.79 Å². The first-order valence-electron chi connectivity index (χ1n) is 18.4. The molecular weight excluding hydrogens is 661 g/mol. The number of ketones is 1. The minimum absolute atomic E-state index is 0.0328. The fourth-order valence-corrected chi connectivity index (χ4v) is 9.72. The standard InChI is InChI=1S/C41H66O7Si2/c1-13-50(14-2,15-3)48-40(31-46-29-35-20-26-38(44-10)27-21-35)33(5)17-23-36(42)22-16-32(4)39(47-49(11,12)41(6,7)8)30-45-28-34-18-24-37(43-9)25-19-34/h18-21,24-27,32-33,39-40H,13-15,17,23,28-31H2,1-12H3/t32-,33-,39-,40-/m0/s1. The lowest BCUT2D eigenvalue weighted by atomic mass is 9.97. The van der Waals surface area contributed by atoms with Gasteiger partial charge in [-0.25, -0.2) is 0 Å². The van der Waals surface area contributed by atoms with E-state index >= 15 is 0 Å². The fraction of sp³-hybridized carbons (Fsp3) is 0.634. The summed E-state index contributed by atoms with van der Waals surface area (Å²) in [6.07, 6.45) is 0.739. The van der Waals surface area contributed by atoms with E-state index in [0.717, 1.165) is 40.8 Å². The van der Waals surface area contributed by atoms with E-state index in [-0.39, 0.29) is 34.9 Å². The third kappa shape index (κ3) is 14.3. The smallest absolute Gasteiger partial charge is 0.205 e. The predicted molar refractivity (Wildman–Crippen MR) is 210 cm³/mol. The van der Waals surface area contributed by atoms with Crippen LogP contribution in [-0.4, -0.2) is 62.1 Å². The average molecular weight is 727 g/mol. The Morgan fingerprint density at radius 1 is 0.740 bits per heavy atom. The minimum atomic E-state index is -2.12. The summed E-state index contributed by atoms with van der Waals surface area (Å²) in [6.45, 7) is 23.9. The van der Waals surface area contributed by atoms with Gasteiger partial charge in [0.05, 0.1) is 52.9 Å². The topological polar surface area (TPSA) is 72.5 Å². The molecule has 9 heteroatoms. The number of hydrogen-bond donors (Lipinski definition) is 0. The van der Waals surface area contributed by atoms with Gasteiger partial charge in [-0.2, -0.15) is 0 Å². The predicted octanol–water partition coefficient (Wildman–Crippen LogP) is 9.84. The fourth-order valence-electron chi connectivity index (χ4n) is 5.40. The molecule has 0 aromatic heterocycles. The SMILES string of the molecule is CC[Si](CC)(CC)O[C@@H](COCc1ccc(OC)cc1)[C@@H](C)CCC(=O)C#C[C@H](C)[C@H](COCc1ccc(OC)cc1)O[Si](C)(C)C(C)(C)C. The van der Waals surface area contributed by atoms with Crippen molar-refractivity contribution in [3.63, 3.8) is 0 Å². The van der Waals surface area contributed by atoms with Crippen molar-refractivity contribution < 1.29 is 32.6 Å². The van der Waals surface area contributed by atoms with E-state index in [2.05, 4.69) is 73.4 Å². The van der Waals surface area contributed by atoms with E-state index in [1.54, 1.807) is 14.2 Å². The van der Waals surface area contributed by atoms with Crippen molar-refractivity contribution in [2.75, 3.05) is 27.4 Å². The molecule has 0 fully saturated rings. The molecule has 0 aliphatic carbocycles. The zero-order valence-corrected chi connectivity index (χ0v) is 35.1. The van der Waals surface area contributed by atoms with Crippen molar-refractivity contribution in [3.05, 3.63) is 59.7 Å². The molecule has 7 nitrogen and oxygen atoms in total. The lowest BCUT2D eigenvalue weighted by Crippen LogP contribution is -2.46. The summed E-state index contributed by atoms with van der Waals surface area (Å²) in [7, 11) is -0.682. The molecule has 0 radical (unpaired) electrons. The summed E-state index contributed by atoms with van der Waals surface area (Å²) in [6, 6.07) is 19.0. The highest BCUT2D eigenvalue weighted by Gasteiger charge is 2.40. The van der Waals surface area contributed by atoms with E-state index in [4.69, 9.17) is 27.8 Å². The molecule has 4 atom stereocenters. The second kappa shape index (κ2) is 21.2. The van der Waals surface area contributed by atoms with Gasteiger partial charge in [-0.15, -0.1) is 0 Å². The Labute approximate surface area is 306 Å². The number of carbonyl (C=O) groups excluding carboxylic acids is 1. The quantitative estimate of drug-likeness (QED) is 0.0680. The molecule has 280 valence electrons. The van der Waals surface area contributed by atoms with Crippen LogP contribution in [0.4, 0.5) is 0 Å². The Hall–Kier alpha value is -2.46. The van der Waals surface area contributed by atoms with Crippen LogP contribution in [0.15, 0.2) is 48.5 Å². The van der Waals surface area contributed by atoms with Crippen molar-refractivity contribution in [1.29, 1.82) is 0 Å². The first kappa shape index (κ1) is 43.7. The highest BCUT2D eigenvalue weighted by molar-refractivity contribution is 6.74. The summed E-state index contributed by atoms with van der Waals surface area (Å²) in [4.78, 5) is 13.2. The number of benzene rings is 2. The van der Waals surface area contributed by atoms with Crippen LogP contribution in [-0.2, 0) is 36.3 Å². The molecule has 0 N–H and O–H groups in total. The number of ether oxygens (including phenoxy) is 4. The monoisotopic (exact) mass is 726 g/mol. The first-order valence-corrected chi connectivity index (χ1v) is 23.9.